The summed E-state index contributed by atoms with van der Waals surface area (Å²) in [5, 5.41) is 9.61. The maximum Gasteiger partial charge on any atom is 0.362 e. The number of rotatable bonds is 37. The quantitative estimate of drug-likeness (QED) is 0.0289. The number of likely N-dealkylation sites (N-methyl/N-ethyl adjacent to an activating group) is 1. The van der Waals surface area contributed by atoms with Crippen molar-refractivity contribution < 1.29 is 38.2 Å². The van der Waals surface area contributed by atoms with E-state index in [-0.39, 0.29) is 49.1 Å². The Morgan fingerprint density at radius 1 is 0.544 bits per heavy atom. The van der Waals surface area contributed by atoms with Crippen LogP contribution in [0, 0.1) is 0 Å². The molecule has 322 valence electrons. The molecule has 0 aromatic rings. The molecule has 0 amide bonds. The molecule has 0 bridgehead atoms. The van der Waals surface area contributed by atoms with E-state index in [1.807, 2.05) is 21.1 Å². The molecule has 0 saturated heterocycles. The van der Waals surface area contributed by atoms with Gasteiger partial charge in [0.1, 0.15) is 6.61 Å². The van der Waals surface area contributed by atoms with Crippen LogP contribution in [0.25, 0.3) is 0 Å². The van der Waals surface area contributed by atoms with E-state index in [1.165, 1.54) is 25.7 Å². The van der Waals surface area contributed by atoms with Crippen LogP contribution in [0.5, 0.6) is 0 Å². The van der Waals surface area contributed by atoms with Crippen LogP contribution < -0.4 is 0 Å². The van der Waals surface area contributed by atoms with E-state index in [0.29, 0.717) is 19.3 Å². The summed E-state index contributed by atoms with van der Waals surface area (Å²) in [5.41, 5.74) is 0. The highest BCUT2D eigenvalue weighted by atomic mass is 16.6. The van der Waals surface area contributed by atoms with Crippen molar-refractivity contribution in [2.45, 2.75) is 154 Å². The predicted molar refractivity (Wildman–Crippen MR) is 238 cm³/mol. The lowest BCUT2D eigenvalue weighted by Gasteiger charge is -2.31. The molecule has 0 aliphatic carbocycles. The number of hydrogen-bond donors (Lipinski definition) is 1. The maximum atomic E-state index is 12.7. The Labute approximate surface area is 347 Å². The van der Waals surface area contributed by atoms with Crippen LogP contribution >= 0.6 is 0 Å². The number of carbonyl (C=O) groups is 3. The van der Waals surface area contributed by atoms with Gasteiger partial charge >= 0.3 is 17.9 Å². The lowest BCUT2D eigenvalue weighted by molar-refractivity contribution is -0.887. The number of hydrogen-bond acceptors (Lipinski definition) is 6. The summed E-state index contributed by atoms with van der Waals surface area (Å²) in [5.74, 6) is -1.60. The van der Waals surface area contributed by atoms with Gasteiger partial charge in [-0.25, -0.2) is 4.79 Å². The first-order chi connectivity index (χ1) is 27.6. The van der Waals surface area contributed by atoms with E-state index in [0.717, 1.165) is 70.6 Å². The van der Waals surface area contributed by atoms with E-state index in [9.17, 15) is 19.5 Å². The number of carboxylic acid groups (broad SMARTS) is 1. The smallest absolute Gasteiger partial charge is 0.362 e. The van der Waals surface area contributed by atoms with E-state index < -0.39 is 18.1 Å². The molecule has 0 aliphatic heterocycles. The summed E-state index contributed by atoms with van der Waals surface area (Å²) >= 11 is 0. The van der Waals surface area contributed by atoms with Crippen molar-refractivity contribution in [3.8, 4) is 0 Å². The van der Waals surface area contributed by atoms with Crippen LogP contribution in [0.1, 0.15) is 142 Å². The molecule has 0 radical (unpaired) electrons. The summed E-state index contributed by atoms with van der Waals surface area (Å²) in [7, 11) is 5.48. The average Bonchev–Trinajstić information content (AvgIpc) is 3.17. The van der Waals surface area contributed by atoms with Gasteiger partial charge in [0.05, 0.1) is 34.4 Å². The molecule has 1 N–H and O–H groups in total. The van der Waals surface area contributed by atoms with E-state index in [2.05, 4.69) is 111 Å². The summed E-state index contributed by atoms with van der Waals surface area (Å²) in [6.45, 7) is 4.47. The molecule has 8 nitrogen and oxygen atoms in total. The van der Waals surface area contributed by atoms with Crippen molar-refractivity contribution in [3.63, 3.8) is 0 Å². The number of aliphatic carboxylic acids is 1. The number of esters is 2. The second kappa shape index (κ2) is 39.1. The Balaban J connectivity index is 4.53. The number of carbonyl (C=O) groups excluding carboxylic acids is 2. The van der Waals surface area contributed by atoms with Crippen LogP contribution in [0.3, 0.4) is 0 Å². The molecule has 0 aliphatic rings. The molecule has 0 saturated carbocycles. The predicted octanol–water partition coefficient (Wildman–Crippen LogP) is 11.9. The van der Waals surface area contributed by atoms with Gasteiger partial charge < -0.3 is 23.8 Å². The Hall–Kier alpha value is -3.75. The molecule has 0 rings (SSSR count). The van der Waals surface area contributed by atoms with Gasteiger partial charge in [0.2, 0.25) is 0 Å². The van der Waals surface area contributed by atoms with E-state index >= 15 is 0 Å². The fraction of sp³-hybridized carbons (Fsp3) is 0.612. The number of unbranched alkanes of at least 4 members (excludes halogenated alkanes) is 7. The molecule has 0 aromatic heterocycles. The highest BCUT2D eigenvalue weighted by Gasteiger charge is 2.31. The lowest BCUT2D eigenvalue weighted by Crippen LogP contribution is -2.50. The van der Waals surface area contributed by atoms with Crippen molar-refractivity contribution in [1.82, 2.24) is 0 Å². The number of ether oxygens (including phenoxy) is 3. The molecular formula is C49H80NO7+. The van der Waals surface area contributed by atoms with Gasteiger partial charge in [-0.3, -0.25) is 9.59 Å². The maximum absolute atomic E-state index is 12.7. The minimum absolute atomic E-state index is 0.0244. The van der Waals surface area contributed by atoms with Crippen LogP contribution in [0.4, 0.5) is 0 Å². The molecule has 0 spiro atoms. The minimum Gasteiger partial charge on any atom is -0.477 e. The van der Waals surface area contributed by atoms with Gasteiger partial charge in [-0.05, 0) is 89.9 Å². The number of nitrogens with zero attached hydrogens (tertiary/aromatic N) is 1. The van der Waals surface area contributed by atoms with Gasteiger partial charge in [-0.2, -0.15) is 0 Å². The molecule has 0 heterocycles. The van der Waals surface area contributed by atoms with Crippen LogP contribution in [0.15, 0.2) is 97.2 Å². The Kier molecular flexibility index (Phi) is 36.5. The summed E-state index contributed by atoms with van der Waals surface area (Å²) < 4.78 is 17.2. The third kappa shape index (κ3) is 37.6. The first kappa shape index (κ1) is 53.2. The normalized spacial score (nSPS) is 13.9. The minimum atomic E-state index is -0.892. The third-order valence-corrected chi connectivity index (χ3v) is 8.97. The lowest BCUT2D eigenvalue weighted by atomic mass is 10.1. The Bertz CT molecular complexity index is 1250. The standard InChI is InChI=1S/C49H79NO7/c1-6-8-10-12-14-16-18-20-22-24-26-27-29-31-33-35-37-39-47(51)56-44-45(43-55-42-41-46(49(53)54)50(3,4)5)57-48(52)40-38-36-34-32-30-28-25-23-21-19-17-15-13-11-9-7-2/h9,11,14-17,20-23,26-28,30-31,33,45-46H,6-8,10,12-13,18-19,24-25,29,32,34-44H2,1-5H3/p+1/b11-9+,16-14+,17-15+,22-20+,23-21+,27-26+,30-28+,33-31+. The van der Waals surface area contributed by atoms with E-state index in [1.54, 1.807) is 0 Å². The van der Waals surface area contributed by atoms with Gasteiger partial charge in [0.25, 0.3) is 0 Å². The largest absolute Gasteiger partial charge is 0.477 e. The fourth-order valence-corrected chi connectivity index (χ4v) is 5.60. The van der Waals surface area contributed by atoms with Crippen LogP contribution in [-0.4, -0.2) is 80.6 Å². The zero-order valence-electron chi connectivity index (χ0n) is 36.5. The summed E-state index contributed by atoms with van der Waals surface area (Å²) in [6, 6.07) is -0.634. The monoisotopic (exact) mass is 795 g/mol. The molecule has 8 heteroatoms. The van der Waals surface area contributed by atoms with Crippen LogP contribution in [0.2, 0.25) is 0 Å². The molecule has 57 heavy (non-hydrogen) atoms. The number of allylic oxidation sites excluding steroid dienone is 16. The van der Waals surface area contributed by atoms with Crippen molar-refractivity contribution >= 4 is 17.9 Å². The van der Waals surface area contributed by atoms with Crippen molar-refractivity contribution in [2.75, 3.05) is 41.0 Å². The number of quaternary nitrogens is 1. The van der Waals surface area contributed by atoms with Gasteiger partial charge in [0, 0.05) is 19.3 Å². The second-order valence-corrected chi connectivity index (χ2v) is 15.2. The molecule has 0 aromatic carbocycles. The summed E-state index contributed by atoms with van der Waals surface area (Å²) in [4.78, 5) is 36.9. The fourth-order valence-electron chi connectivity index (χ4n) is 5.60. The SMILES string of the molecule is CC/C=C/C/C=C/C/C=C/C/C=C/CCCCCC(=O)OC(COCCC(C(=O)O)[N+](C)(C)C)COC(=O)CCC/C=C/C/C=C/C/C=C/C/C=C/CCCCC. The second-order valence-electron chi connectivity index (χ2n) is 15.2. The molecule has 0 fully saturated rings. The third-order valence-electron chi connectivity index (χ3n) is 8.97. The van der Waals surface area contributed by atoms with Crippen molar-refractivity contribution in [1.29, 1.82) is 0 Å². The first-order valence-corrected chi connectivity index (χ1v) is 21.8. The molecule has 2 atom stereocenters. The highest BCUT2D eigenvalue weighted by Crippen LogP contribution is 2.11. The molecule has 2 unspecified atom stereocenters. The van der Waals surface area contributed by atoms with Gasteiger partial charge in [-0.15, -0.1) is 0 Å². The topological polar surface area (TPSA) is 99.1 Å². The molecular weight excluding hydrogens is 715 g/mol. The van der Waals surface area contributed by atoms with Crippen LogP contribution in [-0.2, 0) is 28.6 Å². The van der Waals surface area contributed by atoms with E-state index in [4.69, 9.17) is 14.2 Å². The zero-order valence-corrected chi connectivity index (χ0v) is 36.5. The Morgan fingerprint density at radius 2 is 1.00 bits per heavy atom. The highest BCUT2D eigenvalue weighted by molar-refractivity contribution is 5.72. The van der Waals surface area contributed by atoms with Gasteiger partial charge in [0.15, 0.2) is 12.1 Å². The Morgan fingerprint density at radius 3 is 1.47 bits per heavy atom. The summed E-state index contributed by atoms with van der Waals surface area (Å²) in [6.07, 6.45) is 51.7. The van der Waals surface area contributed by atoms with Crippen molar-refractivity contribution in [2.24, 2.45) is 0 Å². The first-order valence-electron chi connectivity index (χ1n) is 21.8. The number of carboxylic acids is 1. The van der Waals surface area contributed by atoms with Gasteiger partial charge in [-0.1, -0.05) is 130 Å². The van der Waals surface area contributed by atoms with Crippen molar-refractivity contribution in [3.05, 3.63) is 97.2 Å². The zero-order chi connectivity index (χ0) is 42.1. The average molecular weight is 795 g/mol.